The van der Waals surface area contributed by atoms with Crippen molar-refractivity contribution in [3.8, 4) is 0 Å². The van der Waals surface area contributed by atoms with Crippen molar-refractivity contribution in [3.63, 3.8) is 0 Å². The summed E-state index contributed by atoms with van der Waals surface area (Å²) in [5.74, 6) is 2.25. The molecule has 3 heterocycles. The second kappa shape index (κ2) is 6.15. The SMILES string of the molecule is CNc1nc(NC(C)C2CCOCC2)c2cc(C)sc2n1. The lowest BCUT2D eigenvalue weighted by Gasteiger charge is -2.28. The molecule has 0 aromatic carbocycles. The van der Waals surface area contributed by atoms with Crippen molar-refractivity contribution in [2.24, 2.45) is 5.92 Å². The van der Waals surface area contributed by atoms with Crippen LogP contribution in [-0.4, -0.2) is 36.3 Å². The van der Waals surface area contributed by atoms with Gasteiger partial charge in [-0.15, -0.1) is 11.3 Å². The van der Waals surface area contributed by atoms with Crippen molar-refractivity contribution >= 4 is 33.3 Å². The van der Waals surface area contributed by atoms with Crippen LogP contribution >= 0.6 is 11.3 Å². The molecule has 1 aliphatic rings. The Bertz CT molecular complexity index is 621. The summed E-state index contributed by atoms with van der Waals surface area (Å²) < 4.78 is 5.45. The van der Waals surface area contributed by atoms with E-state index in [1.165, 1.54) is 4.88 Å². The predicted octanol–water partition coefficient (Wildman–Crippen LogP) is 3.27. The summed E-state index contributed by atoms with van der Waals surface area (Å²) in [5, 5.41) is 7.77. The zero-order valence-electron chi connectivity index (χ0n) is 12.8. The van der Waals surface area contributed by atoms with Gasteiger partial charge < -0.3 is 15.4 Å². The number of thiophene rings is 1. The minimum Gasteiger partial charge on any atom is -0.381 e. The van der Waals surface area contributed by atoms with E-state index in [2.05, 4.69) is 40.5 Å². The molecule has 1 unspecified atom stereocenters. The minimum absolute atomic E-state index is 0.386. The highest BCUT2D eigenvalue weighted by Gasteiger charge is 2.22. The highest BCUT2D eigenvalue weighted by molar-refractivity contribution is 7.18. The number of aromatic nitrogens is 2. The molecule has 5 nitrogen and oxygen atoms in total. The predicted molar refractivity (Wildman–Crippen MR) is 88.3 cm³/mol. The van der Waals surface area contributed by atoms with Crippen molar-refractivity contribution in [1.29, 1.82) is 0 Å². The van der Waals surface area contributed by atoms with E-state index in [0.717, 1.165) is 42.1 Å². The maximum atomic E-state index is 5.45. The van der Waals surface area contributed by atoms with Gasteiger partial charge in [0.05, 0.1) is 5.39 Å². The first-order valence-electron chi connectivity index (χ1n) is 7.47. The molecule has 0 spiro atoms. The van der Waals surface area contributed by atoms with Gasteiger partial charge in [-0.2, -0.15) is 4.98 Å². The molecule has 3 rings (SSSR count). The normalized spacial score (nSPS) is 17.9. The van der Waals surface area contributed by atoms with Crippen molar-refractivity contribution in [2.75, 3.05) is 30.9 Å². The monoisotopic (exact) mass is 306 g/mol. The minimum atomic E-state index is 0.386. The van der Waals surface area contributed by atoms with Gasteiger partial charge in [-0.05, 0) is 38.7 Å². The molecule has 0 radical (unpaired) electrons. The molecule has 21 heavy (non-hydrogen) atoms. The third-order valence-electron chi connectivity index (χ3n) is 4.08. The lowest BCUT2D eigenvalue weighted by molar-refractivity contribution is 0.0622. The van der Waals surface area contributed by atoms with Gasteiger partial charge in [0, 0.05) is 31.2 Å². The molecule has 0 bridgehead atoms. The third kappa shape index (κ3) is 3.11. The summed E-state index contributed by atoms with van der Waals surface area (Å²) in [5.41, 5.74) is 0. The molecule has 0 amide bonds. The van der Waals surface area contributed by atoms with E-state index in [0.29, 0.717) is 17.9 Å². The summed E-state index contributed by atoms with van der Waals surface area (Å²) in [6, 6.07) is 2.55. The van der Waals surface area contributed by atoms with E-state index in [9.17, 15) is 0 Å². The van der Waals surface area contributed by atoms with Crippen molar-refractivity contribution in [1.82, 2.24) is 9.97 Å². The van der Waals surface area contributed by atoms with Gasteiger partial charge in [0.1, 0.15) is 10.6 Å². The average molecular weight is 306 g/mol. The fourth-order valence-electron chi connectivity index (χ4n) is 2.81. The summed E-state index contributed by atoms with van der Waals surface area (Å²) in [6.07, 6.45) is 2.23. The molecule has 1 aliphatic heterocycles. The molecule has 0 saturated carbocycles. The second-order valence-corrected chi connectivity index (χ2v) is 6.84. The lowest BCUT2D eigenvalue weighted by Crippen LogP contribution is -2.31. The van der Waals surface area contributed by atoms with Crippen LogP contribution in [0, 0.1) is 12.8 Å². The number of nitrogens with one attached hydrogen (secondary N) is 2. The van der Waals surface area contributed by atoms with E-state index >= 15 is 0 Å². The van der Waals surface area contributed by atoms with Gasteiger partial charge in [0.2, 0.25) is 5.95 Å². The number of ether oxygens (including phenoxy) is 1. The standard InChI is InChI=1S/C15H22N4OS/c1-9-8-12-13(18-15(16-3)19-14(12)21-9)17-10(2)11-4-6-20-7-5-11/h8,10-11H,4-7H2,1-3H3,(H2,16,17,18,19). The van der Waals surface area contributed by atoms with Crippen molar-refractivity contribution in [3.05, 3.63) is 10.9 Å². The van der Waals surface area contributed by atoms with E-state index in [1.807, 2.05) is 7.05 Å². The van der Waals surface area contributed by atoms with Gasteiger partial charge in [-0.3, -0.25) is 0 Å². The number of rotatable bonds is 4. The van der Waals surface area contributed by atoms with Crippen LogP contribution in [0.3, 0.4) is 0 Å². The molecule has 0 aliphatic carbocycles. The molecule has 2 N–H and O–H groups in total. The third-order valence-corrected chi connectivity index (χ3v) is 5.02. The molecule has 1 saturated heterocycles. The molecular weight excluding hydrogens is 284 g/mol. The van der Waals surface area contributed by atoms with E-state index in [4.69, 9.17) is 4.74 Å². The zero-order chi connectivity index (χ0) is 14.8. The van der Waals surface area contributed by atoms with Crippen LogP contribution in [-0.2, 0) is 4.74 Å². The number of hydrogen-bond donors (Lipinski definition) is 2. The van der Waals surface area contributed by atoms with Gasteiger partial charge in [-0.1, -0.05) is 0 Å². The molecule has 2 aromatic heterocycles. The Morgan fingerprint density at radius 2 is 2.10 bits per heavy atom. The Morgan fingerprint density at radius 1 is 1.33 bits per heavy atom. The van der Waals surface area contributed by atoms with Crippen molar-refractivity contribution < 1.29 is 4.74 Å². The van der Waals surface area contributed by atoms with Gasteiger partial charge in [-0.25, -0.2) is 4.98 Å². The first-order valence-corrected chi connectivity index (χ1v) is 8.29. The molecule has 2 aromatic rings. The van der Waals surface area contributed by atoms with E-state index in [-0.39, 0.29) is 0 Å². The van der Waals surface area contributed by atoms with Crippen LogP contribution < -0.4 is 10.6 Å². The maximum Gasteiger partial charge on any atom is 0.225 e. The number of anilines is 2. The second-order valence-electron chi connectivity index (χ2n) is 5.60. The molecule has 1 fully saturated rings. The zero-order valence-corrected chi connectivity index (χ0v) is 13.6. The lowest BCUT2D eigenvalue weighted by atomic mass is 9.93. The quantitative estimate of drug-likeness (QED) is 0.908. The fraction of sp³-hybridized carbons (Fsp3) is 0.600. The number of hydrogen-bond acceptors (Lipinski definition) is 6. The van der Waals surface area contributed by atoms with Crippen LogP contribution in [0.1, 0.15) is 24.6 Å². The Hall–Kier alpha value is -1.40. The Balaban J connectivity index is 1.87. The fourth-order valence-corrected chi connectivity index (χ4v) is 3.69. The highest BCUT2D eigenvalue weighted by Crippen LogP contribution is 2.31. The Morgan fingerprint density at radius 3 is 2.81 bits per heavy atom. The molecular formula is C15H22N4OS. The Labute approximate surface area is 129 Å². The van der Waals surface area contributed by atoms with Crippen LogP contribution in [0.5, 0.6) is 0 Å². The first-order chi connectivity index (χ1) is 10.2. The van der Waals surface area contributed by atoms with E-state index < -0.39 is 0 Å². The maximum absolute atomic E-state index is 5.45. The summed E-state index contributed by atoms with van der Waals surface area (Å²) in [4.78, 5) is 11.4. The number of fused-ring (bicyclic) bond motifs is 1. The smallest absolute Gasteiger partial charge is 0.225 e. The van der Waals surface area contributed by atoms with Crippen LogP contribution in [0.4, 0.5) is 11.8 Å². The number of aryl methyl sites for hydroxylation is 1. The van der Waals surface area contributed by atoms with Crippen LogP contribution in [0.15, 0.2) is 6.07 Å². The molecule has 6 heteroatoms. The van der Waals surface area contributed by atoms with Crippen LogP contribution in [0.25, 0.3) is 10.2 Å². The highest BCUT2D eigenvalue weighted by atomic mass is 32.1. The van der Waals surface area contributed by atoms with Gasteiger partial charge in [0.25, 0.3) is 0 Å². The average Bonchev–Trinajstić information content (AvgIpc) is 2.88. The van der Waals surface area contributed by atoms with Gasteiger partial charge in [0.15, 0.2) is 0 Å². The molecule has 114 valence electrons. The van der Waals surface area contributed by atoms with Gasteiger partial charge >= 0.3 is 0 Å². The molecule has 1 atom stereocenters. The number of nitrogens with zero attached hydrogens (tertiary/aromatic N) is 2. The summed E-state index contributed by atoms with van der Waals surface area (Å²) in [6.45, 7) is 6.09. The van der Waals surface area contributed by atoms with Crippen LogP contribution in [0.2, 0.25) is 0 Å². The summed E-state index contributed by atoms with van der Waals surface area (Å²) in [7, 11) is 1.85. The largest absolute Gasteiger partial charge is 0.381 e. The first kappa shape index (κ1) is 14.5. The van der Waals surface area contributed by atoms with E-state index in [1.54, 1.807) is 11.3 Å². The topological polar surface area (TPSA) is 59.1 Å². The van der Waals surface area contributed by atoms with Crippen molar-refractivity contribution in [2.45, 2.75) is 32.7 Å². The summed E-state index contributed by atoms with van der Waals surface area (Å²) >= 11 is 1.71. The Kier molecular flexibility index (Phi) is 4.26.